The van der Waals surface area contributed by atoms with Crippen LogP contribution in [-0.2, 0) is 7.05 Å². The van der Waals surface area contributed by atoms with Crippen LogP contribution in [0.1, 0.15) is 16.1 Å². The van der Waals surface area contributed by atoms with Gasteiger partial charge >= 0.3 is 0 Å². The summed E-state index contributed by atoms with van der Waals surface area (Å²) in [6.45, 7) is 2.03. The van der Waals surface area contributed by atoms with E-state index in [1.165, 1.54) is 5.56 Å². The van der Waals surface area contributed by atoms with Gasteiger partial charge < -0.3 is 14.6 Å². The summed E-state index contributed by atoms with van der Waals surface area (Å²) in [5, 5.41) is 2.90. The van der Waals surface area contributed by atoms with E-state index < -0.39 is 0 Å². The second-order valence-corrected chi connectivity index (χ2v) is 5.37. The molecule has 0 aliphatic carbocycles. The maximum absolute atomic E-state index is 12.4. The Morgan fingerprint density at radius 1 is 1.00 bits per heavy atom. The molecule has 0 saturated heterocycles. The summed E-state index contributed by atoms with van der Waals surface area (Å²) in [5.41, 5.74) is 2.40. The van der Waals surface area contributed by atoms with Gasteiger partial charge in [0.15, 0.2) is 5.75 Å². The molecule has 2 aromatic carbocycles. The number of anilines is 1. The molecule has 0 aliphatic heterocycles. The lowest BCUT2D eigenvalue weighted by molar-refractivity contribution is 0.101. The number of carbonyl (C=O) groups excluding carboxylic acids is 1. The lowest BCUT2D eigenvalue weighted by Crippen LogP contribution is -2.15. The molecule has 1 heterocycles. The van der Waals surface area contributed by atoms with Crippen molar-refractivity contribution < 1.29 is 9.53 Å². The summed E-state index contributed by atoms with van der Waals surface area (Å²) < 4.78 is 7.67. The van der Waals surface area contributed by atoms with Crippen LogP contribution in [0.2, 0.25) is 0 Å². The first-order chi connectivity index (χ1) is 11.1. The quantitative estimate of drug-likeness (QED) is 0.777. The third kappa shape index (κ3) is 3.43. The highest BCUT2D eigenvalue weighted by Crippen LogP contribution is 2.29. The Labute approximate surface area is 135 Å². The molecule has 23 heavy (non-hydrogen) atoms. The number of nitrogens with zero attached hydrogens (tertiary/aromatic N) is 1. The number of hydrogen-bond acceptors (Lipinski definition) is 2. The molecule has 1 aromatic heterocycles. The van der Waals surface area contributed by atoms with Crippen LogP contribution >= 0.6 is 0 Å². The molecule has 0 radical (unpaired) electrons. The van der Waals surface area contributed by atoms with Gasteiger partial charge in [0.05, 0.1) is 5.69 Å². The molecule has 3 aromatic rings. The maximum Gasteiger partial charge on any atom is 0.272 e. The van der Waals surface area contributed by atoms with Crippen LogP contribution in [0.25, 0.3) is 0 Å². The van der Waals surface area contributed by atoms with Gasteiger partial charge in [-0.25, -0.2) is 0 Å². The smallest absolute Gasteiger partial charge is 0.272 e. The Morgan fingerprint density at radius 2 is 1.74 bits per heavy atom. The van der Waals surface area contributed by atoms with Crippen molar-refractivity contribution in [2.24, 2.45) is 7.05 Å². The van der Waals surface area contributed by atoms with Crippen molar-refractivity contribution in [3.8, 4) is 11.5 Å². The van der Waals surface area contributed by atoms with Gasteiger partial charge in [0.2, 0.25) is 0 Å². The average molecular weight is 306 g/mol. The highest BCUT2D eigenvalue weighted by atomic mass is 16.5. The zero-order valence-corrected chi connectivity index (χ0v) is 13.1. The van der Waals surface area contributed by atoms with E-state index in [0.29, 0.717) is 17.1 Å². The highest BCUT2D eigenvalue weighted by molar-refractivity contribution is 6.04. The second kappa shape index (κ2) is 6.40. The Bertz CT molecular complexity index is 819. The zero-order valence-electron chi connectivity index (χ0n) is 13.1. The molecule has 3 rings (SSSR count). The number of hydrogen-bond donors (Lipinski definition) is 1. The predicted molar refractivity (Wildman–Crippen MR) is 91.1 cm³/mol. The first-order valence-electron chi connectivity index (χ1n) is 7.40. The average Bonchev–Trinajstić information content (AvgIpc) is 2.97. The fraction of sp³-hybridized carbons (Fsp3) is 0.105. The van der Waals surface area contributed by atoms with Gasteiger partial charge in [-0.1, -0.05) is 29.8 Å². The predicted octanol–water partition coefficient (Wildman–Crippen LogP) is 4.38. The van der Waals surface area contributed by atoms with E-state index in [4.69, 9.17) is 4.74 Å². The molecule has 0 saturated carbocycles. The Hall–Kier alpha value is -3.01. The van der Waals surface area contributed by atoms with Crippen LogP contribution in [0.5, 0.6) is 11.5 Å². The summed E-state index contributed by atoms with van der Waals surface area (Å²) in [5.74, 6) is 1.17. The van der Waals surface area contributed by atoms with E-state index in [-0.39, 0.29) is 5.91 Å². The molecule has 0 aliphatic rings. The molecule has 1 N–H and O–H groups in total. The number of benzene rings is 2. The van der Waals surface area contributed by atoms with Crippen LogP contribution in [-0.4, -0.2) is 10.5 Å². The number of nitrogens with one attached hydrogen (secondary N) is 1. The maximum atomic E-state index is 12.4. The normalized spacial score (nSPS) is 10.3. The van der Waals surface area contributed by atoms with E-state index in [0.717, 1.165) is 5.75 Å². The van der Waals surface area contributed by atoms with Gasteiger partial charge in [-0.2, -0.15) is 0 Å². The van der Waals surface area contributed by atoms with Crippen molar-refractivity contribution in [1.29, 1.82) is 0 Å². The number of rotatable bonds is 4. The minimum atomic E-state index is -0.169. The van der Waals surface area contributed by atoms with Crippen LogP contribution in [0, 0.1) is 6.92 Å². The minimum Gasteiger partial charge on any atom is -0.455 e. The molecular weight excluding hydrogens is 288 g/mol. The van der Waals surface area contributed by atoms with Crippen molar-refractivity contribution in [1.82, 2.24) is 4.57 Å². The monoisotopic (exact) mass is 306 g/mol. The molecule has 1 amide bonds. The van der Waals surface area contributed by atoms with E-state index in [1.807, 2.05) is 74.8 Å². The lowest BCUT2D eigenvalue weighted by atomic mass is 10.2. The highest BCUT2D eigenvalue weighted by Gasteiger charge is 2.12. The molecule has 116 valence electrons. The summed E-state index contributed by atoms with van der Waals surface area (Å²) in [4.78, 5) is 12.4. The number of para-hydroxylation sites is 2. The van der Waals surface area contributed by atoms with E-state index in [2.05, 4.69) is 5.32 Å². The van der Waals surface area contributed by atoms with Gasteiger partial charge in [0.25, 0.3) is 5.91 Å². The van der Waals surface area contributed by atoms with Gasteiger partial charge in [0.1, 0.15) is 11.4 Å². The van der Waals surface area contributed by atoms with Crippen LogP contribution in [0.3, 0.4) is 0 Å². The largest absolute Gasteiger partial charge is 0.455 e. The molecule has 4 nitrogen and oxygen atoms in total. The van der Waals surface area contributed by atoms with Crippen LogP contribution in [0.15, 0.2) is 66.9 Å². The summed E-state index contributed by atoms with van der Waals surface area (Å²) in [6, 6.07) is 18.8. The molecule has 0 fully saturated rings. The number of aryl methyl sites for hydroxylation is 2. The SMILES string of the molecule is Cc1ccc(Oc2ccccc2NC(=O)c2cccn2C)cc1. The molecule has 0 unspecified atom stereocenters. The number of ether oxygens (including phenoxy) is 1. The van der Waals surface area contributed by atoms with Crippen molar-refractivity contribution in [2.45, 2.75) is 6.92 Å². The first-order valence-corrected chi connectivity index (χ1v) is 7.40. The molecule has 0 bridgehead atoms. The van der Waals surface area contributed by atoms with Crippen molar-refractivity contribution in [2.75, 3.05) is 5.32 Å². The topological polar surface area (TPSA) is 43.3 Å². The second-order valence-electron chi connectivity index (χ2n) is 5.37. The summed E-state index contributed by atoms with van der Waals surface area (Å²) in [7, 11) is 1.84. The van der Waals surface area contributed by atoms with E-state index >= 15 is 0 Å². The van der Waals surface area contributed by atoms with Gasteiger partial charge in [-0.15, -0.1) is 0 Å². The van der Waals surface area contributed by atoms with E-state index in [1.54, 1.807) is 10.6 Å². The van der Waals surface area contributed by atoms with Gasteiger partial charge in [-0.05, 0) is 43.3 Å². The summed E-state index contributed by atoms with van der Waals surface area (Å²) in [6.07, 6.45) is 1.84. The van der Waals surface area contributed by atoms with Crippen molar-refractivity contribution in [3.05, 3.63) is 78.1 Å². The van der Waals surface area contributed by atoms with Crippen molar-refractivity contribution >= 4 is 11.6 Å². The Morgan fingerprint density at radius 3 is 2.43 bits per heavy atom. The number of amides is 1. The summed E-state index contributed by atoms with van der Waals surface area (Å²) >= 11 is 0. The standard InChI is InChI=1S/C19H18N2O2/c1-14-9-11-15(12-10-14)23-18-8-4-3-6-16(18)20-19(22)17-7-5-13-21(17)2/h3-13H,1-2H3,(H,20,22). The third-order valence-electron chi connectivity index (χ3n) is 3.56. The van der Waals surface area contributed by atoms with E-state index in [9.17, 15) is 4.79 Å². The fourth-order valence-electron chi connectivity index (χ4n) is 2.28. The zero-order chi connectivity index (χ0) is 16.2. The fourth-order valence-corrected chi connectivity index (χ4v) is 2.28. The van der Waals surface area contributed by atoms with Crippen molar-refractivity contribution in [3.63, 3.8) is 0 Å². The molecular formula is C19H18N2O2. The van der Waals surface area contributed by atoms with Gasteiger partial charge in [0, 0.05) is 13.2 Å². The Balaban J connectivity index is 1.82. The minimum absolute atomic E-state index is 0.169. The number of carbonyl (C=O) groups is 1. The first kappa shape index (κ1) is 14.9. The van der Waals surface area contributed by atoms with Crippen LogP contribution in [0.4, 0.5) is 5.69 Å². The Kier molecular flexibility index (Phi) is 4.15. The molecule has 4 heteroatoms. The third-order valence-corrected chi connectivity index (χ3v) is 3.56. The lowest BCUT2D eigenvalue weighted by Gasteiger charge is -2.12. The molecule has 0 atom stereocenters. The van der Waals surface area contributed by atoms with Gasteiger partial charge in [-0.3, -0.25) is 4.79 Å². The van der Waals surface area contributed by atoms with Crippen LogP contribution < -0.4 is 10.1 Å². The number of aromatic nitrogens is 1. The molecule has 0 spiro atoms.